The molecule has 5 rings (SSSR count). The molecule has 0 N–H and O–H groups in total. The van der Waals surface area contributed by atoms with E-state index in [1.54, 1.807) is 0 Å². The minimum absolute atomic E-state index is 1.32. The standard InChI is InChI=1S/C28H26S2/c1-15-7-9-17(3)21(11-15)25-23-13-19(5)30-28(23)26(24-14-20(6)29-27(24)25)22-12-16(2)8-10-18(22)4/h7-14H,1-6H3. The molecule has 0 fully saturated rings. The van der Waals surface area contributed by atoms with Crippen molar-refractivity contribution in [3.05, 3.63) is 80.5 Å². The number of aryl methyl sites for hydroxylation is 6. The first kappa shape index (κ1) is 19.5. The van der Waals surface area contributed by atoms with Crippen LogP contribution in [0.4, 0.5) is 0 Å². The third-order valence-electron chi connectivity index (χ3n) is 6.03. The molecule has 0 unspecified atom stereocenters. The number of rotatable bonds is 2. The highest BCUT2D eigenvalue weighted by Gasteiger charge is 2.22. The van der Waals surface area contributed by atoms with Crippen LogP contribution in [-0.4, -0.2) is 0 Å². The van der Waals surface area contributed by atoms with Gasteiger partial charge in [-0.2, -0.15) is 0 Å². The van der Waals surface area contributed by atoms with Gasteiger partial charge in [0.2, 0.25) is 0 Å². The molecule has 0 aliphatic heterocycles. The van der Waals surface area contributed by atoms with Gasteiger partial charge in [0, 0.05) is 41.1 Å². The molecule has 5 aromatic rings. The van der Waals surface area contributed by atoms with Gasteiger partial charge in [-0.05, 0) is 75.9 Å². The minimum atomic E-state index is 1.32. The topological polar surface area (TPSA) is 0 Å². The van der Waals surface area contributed by atoms with Gasteiger partial charge in [0.1, 0.15) is 0 Å². The summed E-state index contributed by atoms with van der Waals surface area (Å²) >= 11 is 3.87. The van der Waals surface area contributed by atoms with Crippen molar-refractivity contribution >= 4 is 42.8 Å². The zero-order chi connectivity index (χ0) is 21.2. The van der Waals surface area contributed by atoms with Gasteiger partial charge in [0.25, 0.3) is 0 Å². The lowest BCUT2D eigenvalue weighted by Crippen LogP contribution is -1.90. The Morgan fingerprint density at radius 1 is 0.500 bits per heavy atom. The summed E-state index contributed by atoms with van der Waals surface area (Å²) in [5.41, 5.74) is 10.9. The molecule has 2 heterocycles. The Balaban J connectivity index is 2.02. The summed E-state index contributed by atoms with van der Waals surface area (Å²) in [7, 11) is 0. The Bertz CT molecular complexity index is 1280. The van der Waals surface area contributed by atoms with Gasteiger partial charge in [-0.15, -0.1) is 22.7 Å². The lowest BCUT2D eigenvalue weighted by atomic mass is 9.89. The predicted octanol–water partition coefficient (Wildman–Crippen LogP) is 9.30. The van der Waals surface area contributed by atoms with Crippen molar-refractivity contribution in [2.45, 2.75) is 41.5 Å². The number of hydrogen-bond acceptors (Lipinski definition) is 2. The molecule has 150 valence electrons. The molecule has 2 aromatic heterocycles. The van der Waals surface area contributed by atoms with Gasteiger partial charge in [-0.1, -0.05) is 47.5 Å². The Morgan fingerprint density at radius 2 is 0.900 bits per heavy atom. The first-order valence-electron chi connectivity index (χ1n) is 10.4. The summed E-state index contributed by atoms with van der Waals surface area (Å²) in [5.74, 6) is 0. The van der Waals surface area contributed by atoms with Crippen LogP contribution in [0.25, 0.3) is 42.4 Å². The van der Waals surface area contributed by atoms with E-state index in [-0.39, 0.29) is 0 Å². The molecule has 0 spiro atoms. The Hall–Kier alpha value is -2.42. The van der Waals surface area contributed by atoms with Crippen LogP contribution in [0, 0.1) is 41.5 Å². The van der Waals surface area contributed by atoms with Crippen LogP contribution < -0.4 is 0 Å². The fraction of sp³-hybridized carbons (Fsp3) is 0.214. The van der Waals surface area contributed by atoms with Crippen LogP contribution in [-0.2, 0) is 0 Å². The molecule has 3 aromatic carbocycles. The van der Waals surface area contributed by atoms with Gasteiger partial charge in [-0.25, -0.2) is 0 Å². The molecule has 0 amide bonds. The zero-order valence-corrected chi connectivity index (χ0v) is 20.1. The van der Waals surface area contributed by atoms with Crippen molar-refractivity contribution in [2.24, 2.45) is 0 Å². The van der Waals surface area contributed by atoms with E-state index in [1.165, 1.54) is 74.4 Å². The van der Waals surface area contributed by atoms with Gasteiger partial charge >= 0.3 is 0 Å². The molecule has 0 aliphatic rings. The fourth-order valence-electron chi connectivity index (χ4n) is 4.56. The molecule has 2 heteroatoms. The molecule has 0 saturated heterocycles. The maximum Gasteiger partial charge on any atom is 0.0437 e. The van der Waals surface area contributed by atoms with Crippen molar-refractivity contribution in [2.75, 3.05) is 0 Å². The lowest BCUT2D eigenvalue weighted by molar-refractivity contribution is 1.40. The van der Waals surface area contributed by atoms with E-state index >= 15 is 0 Å². The van der Waals surface area contributed by atoms with E-state index in [2.05, 4.69) is 90.1 Å². The van der Waals surface area contributed by atoms with Crippen molar-refractivity contribution in [1.29, 1.82) is 0 Å². The maximum atomic E-state index is 2.40. The molecule has 0 bridgehead atoms. The lowest BCUT2D eigenvalue weighted by Gasteiger charge is -2.16. The molecule has 0 atom stereocenters. The fourth-order valence-corrected chi connectivity index (χ4v) is 6.74. The number of fused-ring (bicyclic) bond motifs is 2. The average Bonchev–Trinajstić information content (AvgIpc) is 3.25. The smallest absolute Gasteiger partial charge is 0.0437 e. The number of thiophene rings is 2. The quantitative estimate of drug-likeness (QED) is 0.264. The molecular formula is C28H26S2. The van der Waals surface area contributed by atoms with E-state index in [4.69, 9.17) is 0 Å². The van der Waals surface area contributed by atoms with E-state index in [1.807, 2.05) is 22.7 Å². The third-order valence-corrected chi connectivity index (χ3v) is 8.16. The van der Waals surface area contributed by atoms with Gasteiger partial charge in [0.05, 0.1) is 0 Å². The second-order valence-corrected chi connectivity index (χ2v) is 11.1. The summed E-state index contributed by atoms with van der Waals surface area (Å²) < 4.78 is 2.84. The van der Waals surface area contributed by atoms with Crippen LogP contribution in [0.15, 0.2) is 48.5 Å². The van der Waals surface area contributed by atoms with E-state index in [9.17, 15) is 0 Å². The van der Waals surface area contributed by atoms with Crippen LogP contribution in [0.2, 0.25) is 0 Å². The Morgan fingerprint density at radius 3 is 1.30 bits per heavy atom. The summed E-state index contributed by atoms with van der Waals surface area (Å²) in [5, 5.41) is 2.80. The average molecular weight is 427 g/mol. The summed E-state index contributed by atoms with van der Waals surface area (Å²) in [6.07, 6.45) is 0. The van der Waals surface area contributed by atoms with Crippen molar-refractivity contribution in [3.63, 3.8) is 0 Å². The SMILES string of the molecule is Cc1ccc(C)c(-c2c3cc(C)sc3c(-c3cc(C)ccc3C)c3cc(C)sc23)c1. The molecule has 30 heavy (non-hydrogen) atoms. The van der Waals surface area contributed by atoms with Gasteiger partial charge in [0.15, 0.2) is 0 Å². The normalized spacial score (nSPS) is 11.7. The minimum Gasteiger partial charge on any atom is -0.140 e. The highest BCUT2D eigenvalue weighted by molar-refractivity contribution is 7.21. The first-order valence-corrected chi connectivity index (χ1v) is 12.1. The van der Waals surface area contributed by atoms with E-state index in [0.717, 1.165) is 0 Å². The van der Waals surface area contributed by atoms with E-state index < -0.39 is 0 Å². The highest BCUT2D eigenvalue weighted by atomic mass is 32.1. The highest BCUT2D eigenvalue weighted by Crippen LogP contribution is 2.50. The largest absolute Gasteiger partial charge is 0.140 e. The monoisotopic (exact) mass is 426 g/mol. The summed E-state index contributed by atoms with van der Waals surface area (Å²) in [6, 6.07) is 18.5. The molecule has 0 saturated carbocycles. The van der Waals surface area contributed by atoms with Crippen molar-refractivity contribution in [1.82, 2.24) is 0 Å². The van der Waals surface area contributed by atoms with Crippen molar-refractivity contribution < 1.29 is 0 Å². The second-order valence-electron chi connectivity index (χ2n) is 8.59. The molecule has 0 aliphatic carbocycles. The van der Waals surface area contributed by atoms with E-state index in [0.29, 0.717) is 0 Å². The van der Waals surface area contributed by atoms with Crippen LogP contribution >= 0.6 is 22.7 Å². The number of hydrogen-bond donors (Lipinski definition) is 0. The van der Waals surface area contributed by atoms with Gasteiger partial charge in [-0.3, -0.25) is 0 Å². The predicted molar refractivity (Wildman–Crippen MR) is 137 cm³/mol. The van der Waals surface area contributed by atoms with Crippen LogP contribution in [0.1, 0.15) is 32.0 Å². The molecular weight excluding hydrogens is 400 g/mol. The molecule has 0 nitrogen and oxygen atoms in total. The number of benzene rings is 3. The van der Waals surface area contributed by atoms with Crippen molar-refractivity contribution in [3.8, 4) is 22.3 Å². The Kier molecular flexibility index (Phi) is 4.61. The first-order chi connectivity index (χ1) is 14.3. The third kappa shape index (κ3) is 3.02. The maximum absolute atomic E-state index is 2.40. The Labute approximate surface area is 186 Å². The van der Waals surface area contributed by atoms with Gasteiger partial charge < -0.3 is 0 Å². The summed E-state index contributed by atoms with van der Waals surface area (Å²) in [6.45, 7) is 13.4. The molecule has 0 radical (unpaired) electrons. The van der Waals surface area contributed by atoms with Crippen LogP contribution in [0.3, 0.4) is 0 Å². The second kappa shape index (κ2) is 7.08. The zero-order valence-electron chi connectivity index (χ0n) is 18.4. The van der Waals surface area contributed by atoms with Crippen LogP contribution in [0.5, 0.6) is 0 Å². The summed E-state index contributed by atoms with van der Waals surface area (Å²) in [4.78, 5) is 2.75.